The number of halogens is 2. The van der Waals surface area contributed by atoms with Crippen molar-refractivity contribution in [3.05, 3.63) is 28.2 Å². The van der Waals surface area contributed by atoms with Crippen molar-refractivity contribution in [3.8, 4) is 0 Å². The van der Waals surface area contributed by atoms with E-state index in [9.17, 15) is 4.79 Å². The molecule has 1 heterocycles. The third kappa shape index (κ3) is 6.66. The fourth-order valence-electron chi connectivity index (χ4n) is 4.53. The zero-order valence-electron chi connectivity index (χ0n) is 17.4. The lowest BCUT2D eigenvalue weighted by Crippen LogP contribution is -2.43. The molecule has 0 spiro atoms. The first-order valence-electron chi connectivity index (χ1n) is 11.0. The Bertz CT molecular complexity index is 664. The van der Waals surface area contributed by atoms with Crippen LogP contribution in [0.5, 0.6) is 0 Å². The summed E-state index contributed by atoms with van der Waals surface area (Å²) < 4.78 is 0. The summed E-state index contributed by atoms with van der Waals surface area (Å²) in [6.45, 7) is 8.01. The lowest BCUT2D eigenvalue weighted by molar-refractivity contribution is 0.214. The van der Waals surface area contributed by atoms with Crippen molar-refractivity contribution in [3.63, 3.8) is 0 Å². The molecule has 0 unspecified atom stereocenters. The van der Waals surface area contributed by atoms with Crippen molar-refractivity contribution < 1.29 is 4.79 Å². The van der Waals surface area contributed by atoms with Gasteiger partial charge >= 0.3 is 6.03 Å². The van der Waals surface area contributed by atoms with Gasteiger partial charge in [-0.3, -0.25) is 0 Å². The summed E-state index contributed by atoms with van der Waals surface area (Å²) in [7, 11) is 0. The molecule has 7 heteroatoms. The molecule has 29 heavy (non-hydrogen) atoms. The van der Waals surface area contributed by atoms with E-state index < -0.39 is 0 Å². The van der Waals surface area contributed by atoms with E-state index in [4.69, 9.17) is 23.2 Å². The molecule has 5 nitrogen and oxygen atoms in total. The zero-order valence-corrected chi connectivity index (χ0v) is 18.9. The lowest BCUT2D eigenvalue weighted by atomic mass is 9.84. The van der Waals surface area contributed by atoms with Crippen LogP contribution in [0.1, 0.15) is 45.4 Å². The van der Waals surface area contributed by atoms with E-state index in [2.05, 4.69) is 26.5 Å². The molecule has 0 bridgehead atoms. The highest BCUT2D eigenvalue weighted by Crippen LogP contribution is 2.33. The van der Waals surface area contributed by atoms with Crippen LogP contribution in [-0.4, -0.2) is 56.2 Å². The van der Waals surface area contributed by atoms with Crippen LogP contribution in [0, 0.1) is 5.92 Å². The second kappa shape index (κ2) is 11.3. The van der Waals surface area contributed by atoms with Crippen LogP contribution >= 0.6 is 23.2 Å². The van der Waals surface area contributed by atoms with Crippen LogP contribution < -0.4 is 15.5 Å². The maximum Gasteiger partial charge on any atom is 0.314 e. The maximum absolute atomic E-state index is 11.7. The average molecular weight is 441 g/mol. The fourth-order valence-corrected chi connectivity index (χ4v) is 4.94. The van der Waals surface area contributed by atoms with Crippen molar-refractivity contribution in [2.24, 2.45) is 5.92 Å². The number of hydrogen-bond acceptors (Lipinski definition) is 3. The summed E-state index contributed by atoms with van der Waals surface area (Å²) >= 11 is 12.6. The normalized spacial score (nSPS) is 23.5. The molecule has 1 aromatic rings. The van der Waals surface area contributed by atoms with Crippen molar-refractivity contribution in [1.82, 2.24) is 15.5 Å². The predicted octanol–water partition coefficient (Wildman–Crippen LogP) is 4.77. The Kier molecular flexibility index (Phi) is 8.76. The van der Waals surface area contributed by atoms with E-state index in [1.807, 2.05) is 19.1 Å². The summed E-state index contributed by atoms with van der Waals surface area (Å²) in [6.07, 6.45) is 7.04. The molecule has 1 saturated carbocycles. The first-order valence-corrected chi connectivity index (χ1v) is 11.8. The van der Waals surface area contributed by atoms with Crippen molar-refractivity contribution in [2.45, 2.75) is 51.5 Å². The highest BCUT2D eigenvalue weighted by atomic mass is 35.5. The standard InChI is InChI=1S/C22H34Cl2N4O/c1-2-25-22(29)26-18-9-7-17(8-10-18)11-14-27-12-4-13-28(16-15-27)20-6-3-5-19(23)21(20)24/h3,5-6,17-18H,2,4,7-16H2,1H3,(H2,25,26,29)/t17-,18-. The number of hydrogen-bond donors (Lipinski definition) is 2. The van der Waals surface area contributed by atoms with Crippen LogP contribution in [-0.2, 0) is 0 Å². The van der Waals surface area contributed by atoms with Crippen molar-refractivity contribution in [2.75, 3.05) is 44.2 Å². The summed E-state index contributed by atoms with van der Waals surface area (Å²) in [5.41, 5.74) is 1.05. The monoisotopic (exact) mass is 440 g/mol. The van der Waals surface area contributed by atoms with Gasteiger partial charge in [-0.15, -0.1) is 0 Å². The molecule has 2 N–H and O–H groups in total. The van der Waals surface area contributed by atoms with E-state index in [0.717, 1.165) is 63.6 Å². The van der Waals surface area contributed by atoms with Crippen LogP contribution in [0.4, 0.5) is 10.5 Å². The molecule has 0 aromatic heterocycles. The van der Waals surface area contributed by atoms with E-state index in [-0.39, 0.29) is 6.03 Å². The number of benzene rings is 1. The Balaban J connectivity index is 1.39. The van der Waals surface area contributed by atoms with Gasteiger partial charge in [-0.05, 0) is 76.6 Å². The smallest absolute Gasteiger partial charge is 0.314 e. The predicted molar refractivity (Wildman–Crippen MR) is 122 cm³/mol. The van der Waals surface area contributed by atoms with Gasteiger partial charge in [0.25, 0.3) is 0 Å². The number of carbonyl (C=O) groups excluding carboxylic acids is 1. The van der Waals surface area contributed by atoms with Crippen LogP contribution in [0.3, 0.4) is 0 Å². The molecule has 2 aliphatic rings. The van der Waals surface area contributed by atoms with E-state index >= 15 is 0 Å². The Hall–Kier alpha value is -1.17. The van der Waals surface area contributed by atoms with Gasteiger partial charge in [0, 0.05) is 32.2 Å². The Morgan fingerprint density at radius 2 is 1.90 bits per heavy atom. The number of rotatable bonds is 6. The summed E-state index contributed by atoms with van der Waals surface area (Å²) in [4.78, 5) is 16.6. The second-order valence-electron chi connectivity index (χ2n) is 8.27. The topological polar surface area (TPSA) is 47.6 Å². The molecule has 2 amide bonds. The van der Waals surface area contributed by atoms with Crippen molar-refractivity contribution in [1.29, 1.82) is 0 Å². The number of carbonyl (C=O) groups is 1. The van der Waals surface area contributed by atoms with Crippen LogP contribution in [0.2, 0.25) is 10.0 Å². The molecular weight excluding hydrogens is 407 g/mol. The molecular formula is C22H34Cl2N4O. The average Bonchev–Trinajstić information content (AvgIpc) is 2.95. The van der Waals surface area contributed by atoms with Gasteiger partial charge in [0.15, 0.2) is 0 Å². The molecule has 0 radical (unpaired) electrons. The van der Waals surface area contributed by atoms with E-state index in [1.54, 1.807) is 0 Å². The number of nitrogens with one attached hydrogen (secondary N) is 2. The van der Waals surface area contributed by atoms with Gasteiger partial charge in [-0.25, -0.2) is 4.79 Å². The SMILES string of the molecule is CCNC(=O)N[C@H]1CC[C@H](CCN2CCCN(c3cccc(Cl)c3Cl)CC2)CC1. The van der Waals surface area contributed by atoms with Gasteiger partial charge in [-0.2, -0.15) is 0 Å². The zero-order chi connectivity index (χ0) is 20.6. The van der Waals surface area contributed by atoms with Gasteiger partial charge in [-0.1, -0.05) is 29.3 Å². The number of anilines is 1. The molecule has 2 fully saturated rings. The highest BCUT2D eigenvalue weighted by molar-refractivity contribution is 6.43. The third-order valence-electron chi connectivity index (χ3n) is 6.23. The van der Waals surface area contributed by atoms with E-state index in [0.29, 0.717) is 22.6 Å². The first kappa shape index (κ1) is 22.5. The molecule has 1 saturated heterocycles. The van der Waals surface area contributed by atoms with Gasteiger partial charge in [0.05, 0.1) is 15.7 Å². The minimum absolute atomic E-state index is 0.0233. The fraction of sp³-hybridized carbons (Fsp3) is 0.682. The van der Waals surface area contributed by atoms with Gasteiger partial charge in [0.1, 0.15) is 0 Å². The Morgan fingerprint density at radius 1 is 1.10 bits per heavy atom. The minimum Gasteiger partial charge on any atom is -0.369 e. The lowest BCUT2D eigenvalue weighted by Gasteiger charge is -2.31. The maximum atomic E-state index is 11.7. The number of amides is 2. The van der Waals surface area contributed by atoms with Gasteiger partial charge in [0.2, 0.25) is 0 Å². The number of nitrogens with zero attached hydrogens (tertiary/aromatic N) is 2. The molecule has 0 atom stereocenters. The highest BCUT2D eigenvalue weighted by Gasteiger charge is 2.23. The van der Waals surface area contributed by atoms with Crippen molar-refractivity contribution >= 4 is 34.9 Å². The molecule has 1 aliphatic carbocycles. The first-order chi connectivity index (χ1) is 14.1. The Labute approximate surface area is 185 Å². The van der Waals surface area contributed by atoms with Crippen LogP contribution in [0.15, 0.2) is 18.2 Å². The molecule has 162 valence electrons. The molecule has 1 aromatic carbocycles. The summed E-state index contributed by atoms with van der Waals surface area (Å²) in [6, 6.07) is 6.20. The third-order valence-corrected chi connectivity index (χ3v) is 7.04. The molecule has 3 rings (SSSR count). The molecule has 1 aliphatic heterocycles. The number of urea groups is 1. The van der Waals surface area contributed by atoms with E-state index in [1.165, 1.54) is 19.3 Å². The second-order valence-corrected chi connectivity index (χ2v) is 9.05. The summed E-state index contributed by atoms with van der Waals surface area (Å²) in [5, 5.41) is 7.22. The summed E-state index contributed by atoms with van der Waals surface area (Å²) in [5.74, 6) is 0.781. The quantitative estimate of drug-likeness (QED) is 0.669. The van der Waals surface area contributed by atoms with Gasteiger partial charge < -0.3 is 20.4 Å². The largest absolute Gasteiger partial charge is 0.369 e. The minimum atomic E-state index is -0.0233. The van der Waals surface area contributed by atoms with Crippen LogP contribution in [0.25, 0.3) is 0 Å². The Morgan fingerprint density at radius 3 is 2.66 bits per heavy atom.